The highest BCUT2D eigenvalue weighted by atomic mass is 32.2. The number of nitrogens with zero attached hydrogens (tertiary/aromatic N) is 4. The third kappa shape index (κ3) is 5.19. The maximum absolute atomic E-state index is 11.6. The molecule has 0 atom stereocenters. The second-order valence-electron chi connectivity index (χ2n) is 7.31. The van der Waals surface area contributed by atoms with Crippen LogP contribution >= 0.6 is 0 Å². The van der Waals surface area contributed by atoms with E-state index in [0.29, 0.717) is 47.6 Å². The maximum atomic E-state index is 11.6. The summed E-state index contributed by atoms with van der Waals surface area (Å²) >= 11 is 0. The molecule has 9 nitrogen and oxygen atoms in total. The Morgan fingerprint density at radius 1 is 1.12 bits per heavy atom. The Morgan fingerprint density at radius 2 is 1.88 bits per heavy atom. The minimum absolute atomic E-state index is 0.0313. The molecule has 1 aromatic heterocycles. The van der Waals surface area contributed by atoms with Crippen LogP contribution in [0.2, 0.25) is 0 Å². The van der Waals surface area contributed by atoms with Gasteiger partial charge in [0.2, 0.25) is 5.95 Å². The highest BCUT2D eigenvalue weighted by Gasteiger charge is 2.18. The lowest BCUT2D eigenvalue weighted by Gasteiger charge is -2.23. The second kappa shape index (κ2) is 9.30. The predicted octanol–water partition coefficient (Wildman–Crippen LogP) is 3.12. The van der Waals surface area contributed by atoms with Gasteiger partial charge in [-0.2, -0.15) is 10.2 Å². The number of nitriles is 1. The highest BCUT2D eigenvalue weighted by molar-refractivity contribution is 7.90. The number of hydrogen-bond donors (Lipinski definition) is 1. The number of rotatable bonds is 6. The number of benzene rings is 2. The summed E-state index contributed by atoms with van der Waals surface area (Å²) in [6.45, 7) is 1.31. The van der Waals surface area contributed by atoms with E-state index in [-0.39, 0.29) is 11.0 Å². The van der Waals surface area contributed by atoms with Gasteiger partial charge in [-0.1, -0.05) is 0 Å². The van der Waals surface area contributed by atoms with Crippen molar-refractivity contribution in [3.8, 4) is 23.2 Å². The van der Waals surface area contributed by atoms with Gasteiger partial charge < -0.3 is 14.8 Å². The fraction of sp³-hybridized carbons (Fsp3) is 0.273. The zero-order chi connectivity index (χ0) is 22.6. The van der Waals surface area contributed by atoms with Crippen LogP contribution in [0.15, 0.2) is 53.7 Å². The van der Waals surface area contributed by atoms with E-state index in [2.05, 4.69) is 26.3 Å². The average molecular weight is 452 g/mol. The van der Waals surface area contributed by atoms with Gasteiger partial charge in [-0.25, -0.2) is 18.4 Å². The van der Waals surface area contributed by atoms with E-state index >= 15 is 0 Å². The van der Waals surface area contributed by atoms with E-state index < -0.39 is 9.84 Å². The SMILES string of the molecule is CS(=O)(=O)c1ccc(Nc2ncnc(-c3ccc(OC4CCOCC4)c(C#N)c3)n2)cc1. The molecule has 1 N–H and O–H groups in total. The summed E-state index contributed by atoms with van der Waals surface area (Å²) in [5.74, 6) is 1.22. The van der Waals surface area contributed by atoms with Crippen molar-refractivity contribution in [2.24, 2.45) is 0 Å². The molecule has 1 aliphatic rings. The van der Waals surface area contributed by atoms with E-state index in [1.165, 1.54) is 18.5 Å². The zero-order valence-corrected chi connectivity index (χ0v) is 18.2. The van der Waals surface area contributed by atoms with Gasteiger partial charge >= 0.3 is 0 Å². The van der Waals surface area contributed by atoms with Gasteiger partial charge in [0.05, 0.1) is 23.7 Å². The first-order chi connectivity index (χ1) is 15.4. The largest absolute Gasteiger partial charge is 0.489 e. The Balaban J connectivity index is 1.53. The average Bonchev–Trinajstić information content (AvgIpc) is 2.80. The molecule has 2 aromatic carbocycles. The van der Waals surface area contributed by atoms with Crippen LogP contribution < -0.4 is 10.1 Å². The molecule has 0 aliphatic carbocycles. The van der Waals surface area contributed by atoms with Gasteiger partial charge in [-0.15, -0.1) is 0 Å². The van der Waals surface area contributed by atoms with E-state index in [9.17, 15) is 13.7 Å². The third-order valence-corrected chi connectivity index (χ3v) is 6.06. The Hall–Kier alpha value is -3.55. The lowest BCUT2D eigenvalue weighted by atomic mass is 10.1. The molecule has 0 amide bonds. The summed E-state index contributed by atoms with van der Waals surface area (Å²) in [5, 5.41) is 12.6. The van der Waals surface area contributed by atoms with Crippen molar-refractivity contribution in [1.29, 1.82) is 5.26 Å². The summed E-state index contributed by atoms with van der Waals surface area (Å²) in [7, 11) is -3.27. The molecule has 0 radical (unpaired) electrons. The highest BCUT2D eigenvalue weighted by Crippen LogP contribution is 2.27. The lowest BCUT2D eigenvalue weighted by molar-refractivity contribution is 0.0254. The standard InChI is InChI=1S/C22H21N5O4S/c1-32(28,29)19-5-3-17(4-6-19)26-22-25-14-24-21(27-22)15-2-7-20(16(12-15)13-23)31-18-8-10-30-11-9-18/h2-7,12,14,18H,8-11H2,1H3,(H,24,25,26,27). The maximum Gasteiger partial charge on any atom is 0.230 e. The first-order valence-corrected chi connectivity index (χ1v) is 11.9. The van der Waals surface area contributed by atoms with Crippen LogP contribution in [-0.2, 0) is 14.6 Å². The second-order valence-corrected chi connectivity index (χ2v) is 9.32. The molecule has 10 heteroatoms. The number of hydrogen-bond acceptors (Lipinski definition) is 9. The molecule has 0 saturated carbocycles. The topological polar surface area (TPSA) is 127 Å². The van der Waals surface area contributed by atoms with E-state index in [1.54, 1.807) is 30.3 Å². The van der Waals surface area contributed by atoms with Crippen LogP contribution in [0.4, 0.5) is 11.6 Å². The van der Waals surface area contributed by atoms with Crippen LogP contribution in [-0.4, -0.2) is 48.9 Å². The summed E-state index contributed by atoms with van der Waals surface area (Å²) < 4.78 is 34.5. The number of sulfone groups is 1. The van der Waals surface area contributed by atoms with Crippen LogP contribution in [0.25, 0.3) is 11.4 Å². The van der Waals surface area contributed by atoms with Gasteiger partial charge in [0, 0.05) is 30.3 Å². The van der Waals surface area contributed by atoms with Gasteiger partial charge in [0.15, 0.2) is 15.7 Å². The van der Waals surface area contributed by atoms with Crippen LogP contribution in [0.5, 0.6) is 5.75 Å². The molecule has 3 aromatic rings. The quantitative estimate of drug-likeness (QED) is 0.601. The number of aromatic nitrogens is 3. The number of nitrogens with one attached hydrogen (secondary N) is 1. The van der Waals surface area contributed by atoms with Gasteiger partial charge in [-0.05, 0) is 42.5 Å². The van der Waals surface area contributed by atoms with E-state index in [4.69, 9.17) is 9.47 Å². The van der Waals surface area contributed by atoms with Crippen LogP contribution in [0, 0.1) is 11.3 Å². The first-order valence-electron chi connectivity index (χ1n) is 9.97. The Morgan fingerprint density at radius 3 is 2.56 bits per heavy atom. The summed E-state index contributed by atoms with van der Waals surface area (Å²) in [6.07, 6.45) is 4.14. The molecule has 0 bridgehead atoms. The zero-order valence-electron chi connectivity index (χ0n) is 17.4. The van der Waals surface area contributed by atoms with E-state index in [0.717, 1.165) is 19.1 Å². The molecule has 0 unspecified atom stereocenters. The summed E-state index contributed by atoms with van der Waals surface area (Å²) in [4.78, 5) is 13.0. The monoisotopic (exact) mass is 451 g/mol. The molecule has 32 heavy (non-hydrogen) atoms. The number of anilines is 2. The smallest absolute Gasteiger partial charge is 0.230 e. The van der Waals surface area contributed by atoms with Gasteiger partial charge in [0.1, 0.15) is 24.3 Å². The molecule has 2 heterocycles. The number of ether oxygens (including phenoxy) is 2. The van der Waals surface area contributed by atoms with Crippen molar-refractivity contribution in [2.45, 2.75) is 23.8 Å². The summed E-state index contributed by atoms with van der Waals surface area (Å²) in [5.41, 5.74) is 1.69. The molecular weight excluding hydrogens is 430 g/mol. The third-order valence-electron chi connectivity index (χ3n) is 4.93. The Labute approximate surface area is 186 Å². The van der Waals surface area contributed by atoms with Crippen molar-refractivity contribution in [3.63, 3.8) is 0 Å². The summed E-state index contributed by atoms with van der Waals surface area (Å²) in [6, 6.07) is 13.7. The minimum Gasteiger partial charge on any atom is -0.489 e. The molecular formula is C22H21N5O4S. The van der Waals surface area contributed by atoms with Crippen molar-refractivity contribution in [1.82, 2.24) is 15.0 Å². The fourth-order valence-corrected chi connectivity index (χ4v) is 3.87. The van der Waals surface area contributed by atoms with Crippen molar-refractivity contribution >= 4 is 21.5 Å². The molecule has 1 saturated heterocycles. The molecule has 0 spiro atoms. The normalized spacial score (nSPS) is 14.5. The first kappa shape index (κ1) is 21.7. The Kier molecular flexibility index (Phi) is 6.30. The van der Waals surface area contributed by atoms with Crippen molar-refractivity contribution < 1.29 is 17.9 Å². The fourth-order valence-electron chi connectivity index (χ4n) is 3.24. The minimum atomic E-state index is -3.27. The molecule has 1 fully saturated rings. The molecule has 1 aliphatic heterocycles. The van der Waals surface area contributed by atoms with Crippen molar-refractivity contribution in [3.05, 3.63) is 54.4 Å². The predicted molar refractivity (Wildman–Crippen MR) is 117 cm³/mol. The lowest BCUT2D eigenvalue weighted by Crippen LogP contribution is -2.26. The van der Waals surface area contributed by atoms with Gasteiger partial charge in [-0.3, -0.25) is 0 Å². The van der Waals surface area contributed by atoms with Crippen molar-refractivity contribution in [2.75, 3.05) is 24.8 Å². The van der Waals surface area contributed by atoms with E-state index in [1.807, 2.05) is 0 Å². The Bertz CT molecular complexity index is 1250. The van der Waals surface area contributed by atoms with Gasteiger partial charge in [0.25, 0.3) is 0 Å². The molecule has 4 rings (SSSR count). The molecule has 164 valence electrons. The van der Waals surface area contributed by atoms with Crippen LogP contribution in [0.3, 0.4) is 0 Å². The van der Waals surface area contributed by atoms with Crippen LogP contribution in [0.1, 0.15) is 18.4 Å².